The van der Waals surface area contributed by atoms with Gasteiger partial charge in [-0.25, -0.2) is 9.59 Å². The highest BCUT2D eigenvalue weighted by Gasteiger charge is 2.27. The summed E-state index contributed by atoms with van der Waals surface area (Å²) in [6, 6.07) is -0.926. The fraction of sp³-hybridized carbons (Fsp3) is 0.864. The normalized spacial score (nSPS) is 12.2. The van der Waals surface area contributed by atoms with E-state index in [4.69, 9.17) is 33.5 Å². The van der Waals surface area contributed by atoms with Crippen LogP contribution in [0.15, 0.2) is 0 Å². The summed E-state index contributed by atoms with van der Waals surface area (Å²) in [5, 5.41) is 14.0. The van der Waals surface area contributed by atoms with Crippen LogP contribution in [0, 0.1) is 0 Å². The smallest absolute Gasteiger partial charge is 0.329 e. The molecule has 0 fully saturated rings. The molecule has 15 heteroatoms. The number of Topliss-reactive ketones (excluding diaryl/α,β-unsaturated/α-hetero) is 1. The third kappa shape index (κ3) is 41.4. The molecule has 0 aromatic heterocycles. The number of rotatable bonds is 39. The average Bonchev–Trinajstić information content (AvgIpc) is 3.13. The number of aliphatic carboxylic acids is 1. The lowest BCUT2D eigenvalue weighted by Gasteiger charge is -2.24. The van der Waals surface area contributed by atoms with E-state index in [1.807, 2.05) is 20.8 Å². The summed E-state index contributed by atoms with van der Waals surface area (Å²) in [6.45, 7) is 12.3. The minimum Gasteiger partial charge on any atom is -0.480 e. The van der Waals surface area contributed by atoms with Crippen molar-refractivity contribution >= 4 is 35.5 Å². The van der Waals surface area contributed by atoms with Crippen LogP contribution in [0.4, 0.5) is 0 Å². The summed E-state index contributed by atoms with van der Waals surface area (Å²) in [4.78, 5) is 72.1. The van der Waals surface area contributed by atoms with Crippen LogP contribution < -0.4 is 10.6 Å². The maximum Gasteiger partial charge on any atom is 0.329 e. The van der Waals surface area contributed by atoms with Crippen LogP contribution in [0.5, 0.6) is 0 Å². The Balaban J connectivity index is 4.00. The van der Waals surface area contributed by atoms with Crippen molar-refractivity contribution in [2.45, 2.75) is 187 Å². The molecular weight excluding hydrogens is 764 g/mol. The van der Waals surface area contributed by atoms with Crippen LogP contribution in [0.1, 0.15) is 170 Å². The number of hydrogen-bond acceptors (Lipinski definition) is 12. The molecule has 0 saturated heterocycles. The molecule has 59 heavy (non-hydrogen) atoms. The SMILES string of the molecule is CC(C)(C)OC(=O)CCCCCCCCCCCCCCCCC(=O)N[C@@H](CCC(=O)NCCOCCOCC(=O)CCCOCCOCC(=O)O)C(=O)OC(C)(C)C. The van der Waals surface area contributed by atoms with E-state index in [2.05, 4.69) is 10.6 Å². The van der Waals surface area contributed by atoms with Gasteiger partial charge in [0, 0.05) is 38.8 Å². The van der Waals surface area contributed by atoms with Gasteiger partial charge in [-0.3, -0.25) is 19.2 Å². The van der Waals surface area contributed by atoms with Crippen LogP contribution in [-0.2, 0) is 57.2 Å². The lowest BCUT2D eigenvalue weighted by molar-refractivity contribution is -0.159. The first-order chi connectivity index (χ1) is 28.0. The Labute approximate surface area is 354 Å². The predicted molar refractivity (Wildman–Crippen MR) is 225 cm³/mol. The molecule has 1 atom stereocenters. The van der Waals surface area contributed by atoms with E-state index in [-0.39, 0.29) is 89.2 Å². The summed E-state index contributed by atoms with van der Waals surface area (Å²) in [6.07, 6.45) is 17.5. The average molecular weight is 845 g/mol. The number of amides is 2. The maximum absolute atomic E-state index is 12.9. The summed E-state index contributed by atoms with van der Waals surface area (Å²) in [5.74, 6) is -2.28. The van der Waals surface area contributed by atoms with E-state index in [1.165, 1.54) is 51.4 Å². The van der Waals surface area contributed by atoms with Crippen molar-refractivity contribution in [1.29, 1.82) is 0 Å². The van der Waals surface area contributed by atoms with Crippen molar-refractivity contribution < 1.29 is 62.3 Å². The molecule has 344 valence electrons. The Morgan fingerprint density at radius 2 is 0.966 bits per heavy atom. The van der Waals surface area contributed by atoms with Crippen molar-refractivity contribution in [3.05, 3.63) is 0 Å². The van der Waals surface area contributed by atoms with E-state index in [1.54, 1.807) is 20.8 Å². The van der Waals surface area contributed by atoms with Gasteiger partial charge in [-0.05, 0) is 67.2 Å². The molecule has 0 unspecified atom stereocenters. The molecule has 0 spiro atoms. The van der Waals surface area contributed by atoms with Crippen LogP contribution in [-0.4, -0.2) is 117 Å². The second-order valence-electron chi connectivity index (χ2n) is 16.9. The Morgan fingerprint density at radius 3 is 1.49 bits per heavy atom. The Hall–Kier alpha value is -3.14. The first-order valence-electron chi connectivity index (χ1n) is 22.0. The molecule has 0 rings (SSSR count). The Morgan fingerprint density at radius 1 is 0.492 bits per heavy atom. The molecule has 0 saturated carbocycles. The standard InChI is InChI=1S/C44H80N2O13/c1-43(2,3)58-41(52)24-20-18-16-14-12-10-8-7-9-11-13-15-17-19-23-39(49)46-37(42(53)59-44(4,5)6)25-26-38(48)45-27-29-55-31-32-56-34-36(47)22-21-28-54-30-33-57-35-40(50)51/h37H,7-35H2,1-6H3,(H,45,48)(H,46,49)(H,50,51)/t37-/m0/s1. The first-order valence-corrected chi connectivity index (χ1v) is 22.0. The van der Waals surface area contributed by atoms with Gasteiger partial charge in [-0.15, -0.1) is 0 Å². The fourth-order valence-electron chi connectivity index (χ4n) is 5.81. The van der Waals surface area contributed by atoms with Gasteiger partial charge in [-0.1, -0.05) is 77.0 Å². The molecule has 0 bridgehead atoms. The Kier molecular flexibility index (Phi) is 33.7. The number of carboxylic acid groups (broad SMARTS) is 1. The van der Waals surface area contributed by atoms with Crippen LogP contribution in [0.2, 0.25) is 0 Å². The van der Waals surface area contributed by atoms with Crippen molar-refractivity contribution in [3.8, 4) is 0 Å². The lowest BCUT2D eigenvalue weighted by atomic mass is 10.0. The summed E-state index contributed by atoms with van der Waals surface area (Å²) >= 11 is 0. The number of ketones is 1. The first kappa shape index (κ1) is 55.9. The second kappa shape index (κ2) is 35.6. The topological polar surface area (TPSA) is 202 Å². The van der Waals surface area contributed by atoms with Gasteiger partial charge >= 0.3 is 17.9 Å². The molecule has 0 aromatic rings. The number of unbranched alkanes of at least 4 members (excludes halogenated alkanes) is 13. The van der Waals surface area contributed by atoms with Gasteiger partial charge in [0.1, 0.15) is 30.5 Å². The van der Waals surface area contributed by atoms with E-state index >= 15 is 0 Å². The van der Waals surface area contributed by atoms with Crippen molar-refractivity contribution in [2.24, 2.45) is 0 Å². The van der Waals surface area contributed by atoms with Crippen LogP contribution >= 0.6 is 0 Å². The number of ether oxygens (including phenoxy) is 6. The maximum atomic E-state index is 12.9. The molecular formula is C44H80N2O13. The fourth-order valence-corrected chi connectivity index (χ4v) is 5.81. The summed E-state index contributed by atoms with van der Waals surface area (Å²) in [5.41, 5.74) is -1.14. The molecule has 0 aliphatic rings. The number of carboxylic acids is 1. The highest BCUT2D eigenvalue weighted by Crippen LogP contribution is 2.16. The number of nitrogens with one attached hydrogen (secondary N) is 2. The van der Waals surface area contributed by atoms with E-state index in [9.17, 15) is 28.8 Å². The van der Waals surface area contributed by atoms with E-state index in [0.29, 0.717) is 32.3 Å². The second-order valence-corrected chi connectivity index (χ2v) is 16.9. The number of carbonyl (C=O) groups is 6. The number of esters is 2. The molecule has 0 aromatic carbocycles. The minimum atomic E-state index is -1.04. The Bertz CT molecular complexity index is 1150. The van der Waals surface area contributed by atoms with Crippen LogP contribution in [0.25, 0.3) is 0 Å². The number of carbonyl (C=O) groups excluding carboxylic acids is 5. The minimum absolute atomic E-state index is 0.0241. The lowest BCUT2D eigenvalue weighted by Crippen LogP contribution is -2.44. The quantitative estimate of drug-likeness (QED) is 0.0432. The van der Waals surface area contributed by atoms with Crippen LogP contribution in [0.3, 0.4) is 0 Å². The van der Waals surface area contributed by atoms with Crippen molar-refractivity contribution in [3.63, 3.8) is 0 Å². The van der Waals surface area contributed by atoms with Gasteiger partial charge in [0.15, 0.2) is 5.78 Å². The molecule has 0 aliphatic carbocycles. The van der Waals surface area contributed by atoms with Gasteiger partial charge in [0.2, 0.25) is 11.8 Å². The van der Waals surface area contributed by atoms with Gasteiger partial charge in [0.05, 0.1) is 33.0 Å². The zero-order valence-corrected chi connectivity index (χ0v) is 37.4. The van der Waals surface area contributed by atoms with Gasteiger partial charge < -0.3 is 44.2 Å². The largest absolute Gasteiger partial charge is 0.480 e. The molecule has 3 N–H and O–H groups in total. The summed E-state index contributed by atoms with van der Waals surface area (Å²) in [7, 11) is 0. The monoisotopic (exact) mass is 845 g/mol. The zero-order chi connectivity index (χ0) is 44.2. The van der Waals surface area contributed by atoms with Gasteiger partial charge in [-0.2, -0.15) is 0 Å². The van der Waals surface area contributed by atoms with E-state index in [0.717, 1.165) is 38.5 Å². The van der Waals surface area contributed by atoms with Gasteiger partial charge in [0.25, 0.3) is 0 Å². The van der Waals surface area contributed by atoms with E-state index < -0.39 is 29.2 Å². The molecule has 2 amide bonds. The molecule has 15 nitrogen and oxygen atoms in total. The third-order valence-electron chi connectivity index (χ3n) is 8.69. The molecule has 0 heterocycles. The molecule has 0 radical (unpaired) electrons. The molecule has 0 aliphatic heterocycles. The third-order valence-corrected chi connectivity index (χ3v) is 8.69. The zero-order valence-electron chi connectivity index (χ0n) is 37.4. The summed E-state index contributed by atoms with van der Waals surface area (Å²) < 4.78 is 31.8. The predicted octanol–water partition coefficient (Wildman–Crippen LogP) is 6.79. The highest BCUT2D eigenvalue weighted by atomic mass is 16.6. The van der Waals surface area contributed by atoms with Crippen molar-refractivity contribution in [1.82, 2.24) is 10.6 Å². The van der Waals surface area contributed by atoms with Crippen molar-refractivity contribution in [2.75, 3.05) is 59.4 Å². The number of hydrogen-bond donors (Lipinski definition) is 3. The highest BCUT2D eigenvalue weighted by molar-refractivity contribution is 5.85.